The molecule has 0 saturated heterocycles. The molecule has 0 aliphatic carbocycles. The molecular weight excluding hydrogens is 344 g/mol. The molecule has 0 aliphatic rings. The number of hydrogen-bond donors (Lipinski definition) is 1. The maximum atomic E-state index is 12.7. The van der Waals surface area contributed by atoms with Crippen LogP contribution in [0.3, 0.4) is 0 Å². The Hall–Kier alpha value is -2.70. The Labute approximate surface area is 159 Å². The molecule has 1 N–H and O–H groups in total. The first-order valence-corrected chi connectivity index (χ1v) is 9.38. The molecule has 1 aromatic heterocycles. The Kier molecular flexibility index (Phi) is 6.71. The van der Waals surface area contributed by atoms with Gasteiger partial charge in [0.15, 0.2) is 0 Å². The molecule has 2 rings (SSSR count). The van der Waals surface area contributed by atoms with Gasteiger partial charge in [-0.05, 0) is 43.7 Å². The summed E-state index contributed by atoms with van der Waals surface area (Å²) in [6.45, 7) is 9.62. The van der Waals surface area contributed by atoms with Crippen molar-refractivity contribution >= 4 is 11.6 Å². The van der Waals surface area contributed by atoms with Crippen LogP contribution in [0, 0.1) is 17.0 Å². The van der Waals surface area contributed by atoms with Crippen LogP contribution >= 0.6 is 0 Å². The van der Waals surface area contributed by atoms with E-state index in [4.69, 9.17) is 0 Å². The van der Waals surface area contributed by atoms with Crippen molar-refractivity contribution in [1.29, 1.82) is 0 Å². The summed E-state index contributed by atoms with van der Waals surface area (Å²) in [6.07, 6.45) is 3.14. The Morgan fingerprint density at radius 1 is 1.19 bits per heavy atom. The normalized spacial score (nSPS) is 14.4. The Balaban J connectivity index is 2.12. The van der Waals surface area contributed by atoms with Crippen LogP contribution in [0.2, 0.25) is 0 Å². The molecule has 1 aromatic carbocycles. The van der Waals surface area contributed by atoms with Crippen molar-refractivity contribution in [1.82, 2.24) is 15.1 Å². The van der Waals surface area contributed by atoms with Gasteiger partial charge in [0.25, 0.3) is 0 Å². The first-order valence-electron chi connectivity index (χ1n) is 9.38. The van der Waals surface area contributed by atoms with Gasteiger partial charge >= 0.3 is 5.69 Å². The predicted molar refractivity (Wildman–Crippen MR) is 105 cm³/mol. The third-order valence-corrected chi connectivity index (χ3v) is 5.11. The largest absolute Gasteiger partial charge is 0.347 e. The smallest absolute Gasteiger partial charge is 0.309 e. The molecule has 2 aromatic rings. The van der Waals surface area contributed by atoms with Crippen molar-refractivity contribution in [3.8, 4) is 0 Å². The molecular formula is C20H28N4O3. The number of carbonyl (C=O) groups excluding carboxylic acids is 1. The molecule has 0 bridgehead atoms. The third-order valence-electron chi connectivity index (χ3n) is 5.11. The Bertz CT molecular complexity index is 798. The van der Waals surface area contributed by atoms with E-state index in [1.54, 1.807) is 13.8 Å². The van der Waals surface area contributed by atoms with Crippen LogP contribution in [0.25, 0.3) is 0 Å². The summed E-state index contributed by atoms with van der Waals surface area (Å²) in [5.41, 5.74) is 2.55. The Morgan fingerprint density at radius 3 is 2.26 bits per heavy atom. The number of nitro groups is 1. The van der Waals surface area contributed by atoms with Gasteiger partial charge in [-0.25, -0.2) is 0 Å². The van der Waals surface area contributed by atoms with Crippen molar-refractivity contribution in [2.24, 2.45) is 0 Å². The monoisotopic (exact) mass is 372 g/mol. The summed E-state index contributed by atoms with van der Waals surface area (Å²) in [4.78, 5) is 23.2. The maximum Gasteiger partial charge on any atom is 0.309 e. The van der Waals surface area contributed by atoms with Crippen LogP contribution in [-0.4, -0.2) is 20.6 Å². The number of hydrogen-bond acceptors (Lipinski definition) is 4. The van der Waals surface area contributed by atoms with Crippen LogP contribution in [0.5, 0.6) is 0 Å². The van der Waals surface area contributed by atoms with Crippen LogP contribution in [0.15, 0.2) is 30.5 Å². The lowest BCUT2D eigenvalue weighted by Gasteiger charge is -2.21. The molecule has 1 heterocycles. The fourth-order valence-electron chi connectivity index (χ4n) is 2.98. The van der Waals surface area contributed by atoms with Crippen molar-refractivity contribution in [2.75, 3.05) is 0 Å². The van der Waals surface area contributed by atoms with Crippen molar-refractivity contribution in [2.45, 2.75) is 65.5 Å². The lowest BCUT2D eigenvalue weighted by molar-refractivity contribution is -0.385. The minimum absolute atomic E-state index is 0.0812. The zero-order valence-electron chi connectivity index (χ0n) is 16.6. The van der Waals surface area contributed by atoms with E-state index in [0.717, 1.165) is 18.4 Å². The van der Waals surface area contributed by atoms with Crippen LogP contribution in [0.1, 0.15) is 75.4 Å². The summed E-state index contributed by atoms with van der Waals surface area (Å²) >= 11 is 0. The zero-order chi connectivity index (χ0) is 20.1. The number of aryl methyl sites for hydroxylation is 1. The molecule has 0 radical (unpaired) electrons. The second-order valence-corrected chi connectivity index (χ2v) is 6.96. The SMILES string of the molecule is CCC(C)c1ccc(C(CC)NC(=O)C(C)n2cc([N+](=O)[O-])c(C)n2)cc1. The summed E-state index contributed by atoms with van der Waals surface area (Å²) in [6, 6.07) is 7.60. The fraction of sp³-hybridized carbons (Fsp3) is 0.500. The highest BCUT2D eigenvalue weighted by Gasteiger charge is 2.24. The van der Waals surface area contributed by atoms with Gasteiger partial charge in [0.2, 0.25) is 5.91 Å². The van der Waals surface area contributed by atoms with E-state index in [-0.39, 0.29) is 17.6 Å². The lowest BCUT2D eigenvalue weighted by Crippen LogP contribution is -2.34. The minimum Gasteiger partial charge on any atom is -0.347 e. The molecule has 0 aliphatic heterocycles. The van der Waals surface area contributed by atoms with E-state index in [2.05, 4.69) is 48.5 Å². The van der Waals surface area contributed by atoms with Crippen molar-refractivity contribution < 1.29 is 9.72 Å². The second kappa shape index (κ2) is 8.79. The van der Waals surface area contributed by atoms with Crippen LogP contribution in [-0.2, 0) is 4.79 Å². The number of nitrogens with zero attached hydrogens (tertiary/aromatic N) is 3. The van der Waals surface area contributed by atoms with Gasteiger partial charge in [-0.2, -0.15) is 5.10 Å². The average Bonchev–Trinajstić information content (AvgIpc) is 3.06. The third kappa shape index (κ3) is 4.72. The molecule has 27 heavy (non-hydrogen) atoms. The highest BCUT2D eigenvalue weighted by Crippen LogP contribution is 2.24. The predicted octanol–water partition coefficient (Wildman–Crippen LogP) is 4.44. The fourth-order valence-corrected chi connectivity index (χ4v) is 2.98. The Morgan fingerprint density at radius 2 is 1.78 bits per heavy atom. The lowest BCUT2D eigenvalue weighted by atomic mass is 9.95. The molecule has 3 atom stereocenters. The number of aromatic nitrogens is 2. The van der Waals surface area contributed by atoms with E-state index in [9.17, 15) is 14.9 Å². The average molecular weight is 372 g/mol. The van der Waals surface area contributed by atoms with Gasteiger partial charge in [-0.3, -0.25) is 19.6 Å². The highest BCUT2D eigenvalue weighted by molar-refractivity contribution is 5.80. The quantitative estimate of drug-likeness (QED) is 0.548. The summed E-state index contributed by atoms with van der Waals surface area (Å²) in [5, 5.41) is 18.1. The van der Waals surface area contributed by atoms with E-state index in [1.807, 2.05) is 6.92 Å². The van der Waals surface area contributed by atoms with E-state index < -0.39 is 11.0 Å². The van der Waals surface area contributed by atoms with E-state index in [1.165, 1.54) is 16.4 Å². The standard InChI is InChI=1S/C20H28N4O3/c1-6-13(3)16-8-10-17(11-9-16)18(7-2)21-20(25)15(5)23-12-19(24(26)27)14(4)22-23/h8-13,15,18H,6-7H2,1-5H3,(H,21,25). The minimum atomic E-state index is -0.633. The molecule has 0 spiro atoms. The first kappa shape index (κ1) is 20.6. The molecule has 0 fully saturated rings. The zero-order valence-corrected chi connectivity index (χ0v) is 16.6. The molecule has 146 valence electrons. The van der Waals surface area contributed by atoms with Crippen LogP contribution < -0.4 is 5.32 Å². The molecule has 0 saturated carbocycles. The van der Waals surface area contributed by atoms with Gasteiger partial charge in [0, 0.05) is 0 Å². The number of nitrogens with one attached hydrogen (secondary N) is 1. The number of benzene rings is 1. The van der Waals surface area contributed by atoms with Gasteiger partial charge in [0.1, 0.15) is 17.9 Å². The van der Waals surface area contributed by atoms with Gasteiger partial charge in [-0.1, -0.05) is 45.0 Å². The highest BCUT2D eigenvalue weighted by atomic mass is 16.6. The number of carbonyl (C=O) groups is 1. The molecule has 1 amide bonds. The molecule has 3 unspecified atom stereocenters. The second-order valence-electron chi connectivity index (χ2n) is 6.96. The molecule has 7 heteroatoms. The summed E-state index contributed by atoms with van der Waals surface area (Å²) in [5.74, 6) is 0.290. The van der Waals surface area contributed by atoms with Gasteiger partial charge < -0.3 is 5.32 Å². The topological polar surface area (TPSA) is 90.1 Å². The summed E-state index contributed by atoms with van der Waals surface area (Å²) < 4.78 is 1.35. The van der Waals surface area contributed by atoms with Gasteiger partial charge in [-0.15, -0.1) is 0 Å². The first-order chi connectivity index (χ1) is 12.8. The number of amides is 1. The van der Waals surface area contributed by atoms with Gasteiger partial charge in [0.05, 0.1) is 11.0 Å². The summed E-state index contributed by atoms with van der Waals surface area (Å²) in [7, 11) is 0. The van der Waals surface area contributed by atoms with E-state index >= 15 is 0 Å². The van der Waals surface area contributed by atoms with Crippen molar-refractivity contribution in [3.63, 3.8) is 0 Å². The van der Waals surface area contributed by atoms with Crippen LogP contribution in [0.4, 0.5) is 5.69 Å². The molecule has 7 nitrogen and oxygen atoms in total. The number of rotatable bonds is 8. The maximum absolute atomic E-state index is 12.7. The van der Waals surface area contributed by atoms with Crippen molar-refractivity contribution in [3.05, 3.63) is 57.4 Å². The van der Waals surface area contributed by atoms with E-state index in [0.29, 0.717) is 11.6 Å².